The predicted octanol–water partition coefficient (Wildman–Crippen LogP) is 3.10. The SMILES string of the molecule is O=S(=O)(c1ccccc1Br)N(Cc1ccco1)c1ncnc2nc[nH]c12. The quantitative estimate of drug-likeness (QED) is 0.518. The van der Waals surface area contributed by atoms with Crippen LogP contribution in [0, 0.1) is 0 Å². The molecule has 10 heteroatoms. The van der Waals surface area contributed by atoms with E-state index in [1.54, 1.807) is 30.3 Å². The number of furan rings is 1. The number of aromatic nitrogens is 4. The number of benzene rings is 1. The standard InChI is InChI=1S/C16H12BrN5O3S/c17-12-5-1-2-6-13(12)26(23,24)22(8-11-4-3-7-25-11)16-14-15(19-9-18-14)20-10-21-16/h1-7,9-10H,8H2,(H,18,19,20,21). The Hall–Kier alpha value is -2.72. The summed E-state index contributed by atoms with van der Waals surface area (Å²) in [5.41, 5.74) is 0.802. The van der Waals surface area contributed by atoms with Crippen LogP contribution in [0.4, 0.5) is 5.82 Å². The molecule has 1 aromatic carbocycles. The molecule has 0 spiro atoms. The Bertz CT molecular complexity index is 1160. The summed E-state index contributed by atoms with van der Waals surface area (Å²) in [6.07, 6.45) is 4.21. The molecule has 3 heterocycles. The summed E-state index contributed by atoms with van der Waals surface area (Å²) in [5.74, 6) is 0.673. The van der Waals surface area contributed by atoms with Crippen molar-refractivity contribution in [3.63, 3.8) is 0 Å². The van der Waals surface area contributed by atoms with Crippen molar-refractivity contribution in [1.29, 1.82) is 0 Å². The summed E-state index contributed by atoms with van der Waals surface area (Å²) in [4.78, 5) is 15.3. The fraction of sp³-hybridized carbons (Fsp3) is 0.0625. The van der Waals surface area contributed by atoms with E-state index in [0.29, 0.717) is 21.4 Å². The highest BCUT2D eigenvalue weighted by Crippen LogP contribution is 2.31. The van der Waals surface area contributed by atoms with Gasteiger partial charge in [-0.2, -0.15) is 0 Å². The maximum Gasteiger partial charge on any atom is 0.267 e. The van der Waals surface area contributed by atoms with Gasteiger partial charge in [0.05, 0.1) is 19.1 Å². The smallest absolute Gasteiger partial charge is 0.267 e. The van der Waals surface area contributed by atoms with Crippen LogP contribution in [-0.2, 0) is 16.6 Å². The molecule has 0 amide bonds. The fourth-order valence-corrected chi connectivity index (χ4v) is 4.90. The number of fused-ring (bicyclic) bond motifs is 1. The first-order valence-corrected chi connectivity index (χ1v) is 9.74. The molecular formula is C16H12BrN5O3S. The van der Waals surface area contributed by atoms with Crippen molar-refractivity contribution >= 4 is 42.9 Å². The van der Waals surface area contributed by atoms with E-state index in [1.807, 2.05) is 0 Å². The van der Waals surface area contributed by atoms with Crippen LogP contribution in [-0.4, -0.2) is 28.4 Å². The Morgan fingerprint density at radius 1 is 1.12 bits per heavy atom. The highest BCUT2D eigenvalue weighted by atomic mass is 79.9. The molecule has 0 aliphatic heterocycles. The van der Waals surface area contributed by atoms with E-state index in [1.165, 1.54) is 29.3 Å². The lowest BCUT2D eigenvalue weighted by atomic mass is 10.4. The van der Waals surface area contributed by atoms with E-state index in [-0.39, 0.29) is 17.3 Å². The Labute approximate surface area is 157 Å². The molecule has 0 fully saturated rings. The first kappa shape index (κ1) is 16.7. The van der Waals surface area contributed by atoms with Gasteiger partial charge in [0.2, 0.25) is 0 Å². The lowest BCUT2D eigenvalue weighted by Gasteiger charge is -2.23. The number of hydrogen-bond acceptors (Lipinski definition) is 6. The van der Waals surface area contributed by atoms with Crippen LogP contribution in [0.1, 0.15) is 5.76 Å². The van der Waals surface area contributed by atoms with Gasteiger partial charge in [0.25, 0.3) is 10.0 Å². The summed E-state index contributed by atoms with van der Waals surface area (Å²) in [6, 6.07) is 10.0. The number of sulfonamides is 1. The highest BCUT2D eigenvalue weighted by molar-refractivity contribution is 9.10. The van der Waals surface area contributed by atoms with Gasteiger partial charge in [0.15, 0.2) is 11.5 Å². The number of imidazole rings is 1. The molecule has 0 atom stereocenters. The number of aromatic amines is 1. The van der Waals surface area contributed by atoms with Crippen LogP contribution in [0.3, 0.4) is 0 Å². The predicted molar refractivity (Wildman–Crippen MR) is 97.9 cm³/mol. The third-order valence-electron chi connectivity index (χ3n) is 3.72. The number of nitrogens with zero attached hydrogens (tertiary/aromatic N) is 4. The van der Waals surface area contributed by atoms with Gasteiger partial charge >= 0.3 is 0 Å². The molecule has 0 saturated heterocycles. The third kappa shape index (κ3) is 2.86. The van der Waals surface area contributed by atoms with Gasteiger partial charge in [-0.3, -0.25) is 0 Å². The van der Waals surface area contributed by atoms with Crippen molar-refractivity contribution in [3.05, 3.63) is 65.5 Å². The van der Waals surface area contributed by atoms with Crippen molar-refractivity contribution in [2.24, 2.45) is 0 Å². The van der Waals surface area contributed by atoms with E-state index < -0.39 is 10.0 Å². The van der Waals surface area contributed by atoms with Crippen molar-refractivity contribution in [3.8, 4) is 0 Å². The molecule has 0 saturated carbocycles. The average Bonchev–Trinajstić information content (AvgIpc) is 3.31. The number of rotatable bonds is 5. The number of hydrogen-bond donors (Lipinski definition) is 1. The van der Waals surface area contributed by atoms with Crippen molar-refractivity contribution < 1.29 is 12.8 Å². The van der Waals surface area contributed by atoms with Gasteiger partial charge in [0.1, 0.15) is 22.5 Å². The van der Waals surface area contributed by atoms with E-state index in [4.69, 9.17) is 4.42 Å². The molecule has 8 nitrogen and oxygen atoms in total. The molecule has 0 aliphatic carbocycles. The molecule has 1 N–H and O–H groups in total. The Morgan fingerprint density at radius 2 is 1.96 bits per heavy atom. The molecule has 0 aliphatic rings. The van der Waals surface area contributed by atoms with Gasteiger partial charge in [-0.1, -0.05) is 12.1 Å². The summed E-state index contributed by atoms with van der Waals surface area (Å²) >= 11 is 3.31. The van der Waals surface area contributed by atoms with Gasteiger partial charge in [0, 0.05) is 4.47 Å². The third-order valence-corrected chi connectivity index (χ3v) is 6.47. The van der Waals surface area contributed by atoms with Crippen LogP contribution in [0.5, 0.6) is 0 Å². The molecule has 26 heavy (non-hydrogen) atoms. The number of nitrogens with one attached hydrogen (secondary N) is 1. The molecule has 132 valence electrons. The summed E-state index contributed by atoms with van der Waals surface area (Å²) < 4.78 is 33.8. The van der Waals surface area contributed by atoms with Crippen LogP contribution in [0.25, 0.3) is 11.2 Å². The Balaban J connectivity index is 1.92. The zero-order chi connectivity index (χ0) is 18.1. The number of halogens is 1. The summed E-state index contributed by atoms with van der Waals surface area (Å²) in [7, 11) is -3.94. The maximum absolute atomic E-state index is 13.4. The second kappa shape index (κ2) is 6.54. The van der Waals surface area contributed by atoms with Crippen molar-refractivity contribution in [1.82, 2.24) is 19.9 Å². The second-order valence-corrected chi connectivity index (χ2v) is 8.00. The highest BCUT2D eigenvalue weighted by Gasteiger charge is 2.30. The Kier molecular flexibility index (Phi) is 4.21. The first-order chi connectivity index (χ1) is 12.6. The van der Waals surface area contributed by atoms with E-state index in [9.17, 15) is 8.42 Å². The fourth-order valence-electron chi connectivity index (χ4n) is 2.53. The van der Waals surface area contributed by atoms with Gasteiger partial charge in [-0.25, -0.2) is 27.7 Å². The van der Waals surface area contributed by atoms with Crippen LogP contribution in [0.2, 0.25) is 0 Å². The van der Waals surface area contributed by atoms with Gasteiger partial charge < -0.3 is 9.40 Å². The molecule has 0 radical (unpaired) electrons. The molecule has 3 aromatic heterocycles. The van der Waals surface area contributed by atoms with Crippen LogP contribution in [0.15, 0.2) is 69.1 Å². The van der Waals surface area contributed by atoms with Crippen LogP contribution >= 0.6 is 15.9 Å². The minimum absolute atomic E-state index is 0.0260. The topological polar surface area (TPSA) is 105 Å². The van der Waals surface area contributed by atoms with Gasteiger partial charge in [-0.15, -0.1) is 0 Å². The monoisotopic (exact) mass is 433 g/mol. The lowest BCUT2D eigenvalue weighted by Crippen LogP contribution is -2.31. The zero-order valence-electron chi connectivity index (χ0n) is 13.2. The summed E-state index contributed by atoms with van der Waals surface area (Å²) in [6.45, 7) is -0.0260. The first-order valence-electron chi connectivity index (χ1n) is 7.51. The van der Waals surface area contributed by atoms with Crippen molar-refractivity contribution in [2.45, 2.75) is 11.4 Å². The molecule has 4 rings (SSSR count). The van der Waals surface area contributed by atoms with E-state index in [2.05, 4.69) is 35.9 Å². The number of anilines is 1. The summed E-state index contributed by atoms with van der Waals surface area (Å²) in [5, 5.41) is 0. The normalized spacial score (nSPS) is 11.7. The molecule has 0 bridgehead atoms. The minimum atomic E-state index is -3.94. The van der Waals surface area contributed by atoms with Crippen LogP contribution < -0.4 is 4.31 Å². The minimum Gasteiger partial charge on any atom is -0.467 e. The molecule has 0 unspecified atom stereocenters. The zero-order valence-corrected chi connectivity index (χ0v) is 15.6. The second-order valence-electron chi connectivity index (χ2n) is 5.32. The average molecular weight is 434 g/mol. The lowest BCUT2D eigenvalue weighted by molar-refractivity contribution is 0.508. The Morgan fingerprint density at radius 3 is 2.73 bits per heavy atom. The van der Waals surface area contributed by atoms with E-state index >= 15 is 0 Å². The largest absolute Gasteiger partial charge is 0.467 e. The molecule has 4 aromatic rings. The molecular weight excluding hydrogens is 422 g/mol. The number of H-pyrrole nitrogens is 1. The van der Waals surface area contributed by atoms with E-state index in [0.717, 1.165) is 0 Å². The van der Waals surface area contributed by atoms with Crippen molar-refractivity contribution in [2.75, 3.05) is 4.31 Å². The maximum atomic E-state index is 13.4. The van der Waals surface area contributed by atoms with Gasteiger partial charge in [-0.05, 0) is 40.2 Å².